The molecule has 124 valence electrons. The summed E-state index contributed by atoms with van der Waals surface area (Å²) in [7, 11) is 0. The van der Waals surface area contributed by atoms with Crippen LogP contribution in [0.15, 0.2) is 30.5 Å². The Kier molecular flexibility index (Phi) is 4.04. The highest BCUT2D eigenvalue weighted by Crippen LogP contribution is 2.27. The van der Waals surface area contributed by atoms with E-state index in [0.29, 0.717) is 23.6 Å². The number of carbonyl (C=O) groups is 1. The first-order valence-corrected chi connectivity index (χ1v) is 7.66. The van der Waals surface area contributed by atoms with Gasteiger partial charge in [-0.1, -0.05) is 0 Å². The third kappa shape index (κ3) is 3.12. The van der Waals surface area contributed by atoms with Crippen molar-refractivity contribution in [3.63, 3.8) is 0 Å². The first-order chi connectivity index (χ1) is 11.4. The molecule has 1 aromatic heterocycles. The average molecular weight is 325 g/mol. The number of nitrogens with zero attached hydrogens (tertiary/aromatic N) is 2. The van der Waals surface area contributed by atoms with Gasteiger partial charge in [0, 0.05) is 22.9 Å². The highest BCUT2D eigenvalue weighted by atomic mass is 16.7. The number of anilines is 1. The SMILES string of the molecule is CC(C)(C)n1cc(C#N)cc1NC(=O)c1ccc2c(c1)COCO2. The predicted octanol–water partition coefficient (Wildman–Crippen LogP) is 3.23. The van der Waals surface area contributed by atoms with E-state index in [0.717, 1.165) is 11.3 Å². The van der Waals surface area contributed by atoms with Crippen LogP contribution < -0.4 is 10.1 Å². The van der Waals surface area contributed by atoms with Gasteiger partial charge >= 0.3 is 0 Å². The van der Waals surface area contributed by atoms with Crippen LogP contribution in [-0.2, 0) is 16.9 Å². The lowest BCUT2D eigenvalue weighted by Crippen LogP contribution is -2.25. The van der Waals surface area contributed by atoms with E-state index in [4.69, 9.17) is 14.7 Å². The molecule has 1 aliphatic rings. The summed E-state index contributed by atoms with van der Waals surface area (Å²) in [4.78, 5) is 12.6. The first kappa shape index (κ1) is 16.1. The van der Waals surface area contributed by atoms with Gasteiger partial charge in [0.25, 0.3) is 5.91 Å². The zero-order valence-corrected chi connectivity index (χ0v) is 13.9. The van der Waals surface area contributed by atoms with Crippen molar-refractivity contribution in [3.8, 4) is 11.8 Å². The number of hydrogen-bond donors (Lipinski definition) is 1. The number of hydrogen-bond acceptors (Lipinski definition) is 4. The van der Waals surface area contributed by atoms with E-state index in [9.17, 15) is 4.79 Å². The molecule has 0 atom stereocenters. The minimum atomic E-state index is -0.255. The van der Waals surface area contributed by atoms with Gasteiger partial charge in [-0.25, -0.2) is 0 Å². The molecule has 0 unspecified atom stereocenters. The third-order valence-electron chi connectivity index (χ3n) is 3.79. The van der Waals surface area contributed by atoms with Crippen molar-refractivity contribution in [1.29, 1.82) is 5.26 Å². The van der Waals surface area contributed by atoms with Crippen molar-refractivity contribution in [2.24, 2.45) is 0 Å². The molecular weight excluding hydrogens is 306 g/mol. The van der Waals surface area contributed by atoms with Crippen LogP contribution in [0, 0.1) is 11.3 Å². The lowest BCUT2D eigenvalue weighted by molar-refractivity contribution is -0.0163. The van der Waals surface area contributed by atoms with Crippen molar-refractivity contribution in [2.75, 3.05) is 12.1 Å². The molecule has 0 aliphatic carbocycles. The summed E-state index contributed by atoms with van der Waals surface area (Å²) < 4.78 is 12.5. The molecule has 6 nitrogen and oxygen atoms in total. The normalized spacial score (nSPS) is 13.6. The summed E-state index contributed by atoms with van der Waals surface area (Å²) in [6.45, 7) is 6.69. The number of carbonyl (C=O) groups excluding carboxylic acids is 1. The van der Waals surface area contributed by atoms with E-state index >= 15 is 0 Å². The molecule has 24 heavy (non-hydrogen) atoms. The van der Waals surface area contributed by atoms with Crippen LogP contribution in [-0.4, -0.2) is 17.3 Å². The maximum Gasteiger partial charge on any atom is 0.256 e. The van der Waals surface area contributed by atoms with Crippen LogP contribution in [0.5, 0.6) is 5.75 Å². The minimum Gasteiger partial charge on any atom is -0.467 e. The van der Waals surface area contributed by atoms with Crippen molar-refractivity contribution in [3.05, 3.63) is 47.2 Å². The summed E-state index contributed by atoms with van der Waals surface area (Å²) in [5, 5.41) is 12.0. The third-order valence-corrected chi connectivity index (χ3v) is 3.79. The van der Waals surface area contributed by atoms with E-state index in [1.54, 1.807) is 30.5 Å². The number of nitriles is 1. The second kappa shape index (κ2) is 6.02. The average Bonchev–Trinajstić information content (AvgIpc) is 2.97. The van der Waals surface area contributed by atoms with Gasteiger partial charge in [-0.2, -0.15) is 5.26 Å². The largest absolute Gasteiger partial charge is 0.467 e. The number of aromatic nitrogens is 1. The molecule has 2 aromatic rings. The minimum absolute atomic E-state index is 0.231. The van der Waals surface area contributed by atoms with Gasteiger partial charge in [-0.05, 0) is 45.0 Å². The van der Waals surface area contributed by atoms with Gasteiger partial charge < -0.3 is 19.4 Å². The van der Waals surface area contributed by atoms with Crippen molar-refractivity contribution < 1.29 is 14.3 Å². The lowest BCUT2D eigenvalue weighted by atomic mass is 10.1. The van der Waals surface area contributed by atoms with Gasteiger partial charge in [0.15, 0.2) is 6.79 Å². The van der Waals surface area contributed by atoms with E-state index in [1.807, 2.05) is 25.3 Å². The first-order valence-electron chi connectivity index (χ1n) is 7.66. The molecule has 1 N–H and O–H groups in total. The summed E-state index contributed by atoms with van der Waals surface area (Å²) in [5.41, 5.74) is 1.61. The van der Waals surface area contributed by atoms with Crippen LogP contribution in [0.3, 0.4) is 0 Å². The number of benzene rings is 1. The van der Waals surface area contributed by atoms with Gasteiger partial charge in [0.1, 0.15) is 17.6 Å². The Bertz CT molecular complexity index is 825. The van der Waals surface area contributed by atoms with Crippen LogP contribution in [0.25, 0.3) is 0 Å². The second-order valence-corrected chi connectivity index (χ2v) is 6.65. The number of nitrogens with one attached hydrogen (secondary N) is 1. The molecule has 0 saturated carbocycles. The predicted molar refractivity (Wildman–Crippen MR) is 88.8 cm³/mol. The molecule has 0 radical (unpaired) electrons. The topological polar surface area (TPSA) is 76.3 Å². The van der Waals surface area contributed by atoms with E-state index in [2.05, 4.69) is 11.4 Å². The molecule has 1 amide bonds. The smallest absolute Gasteiger partial charge is 0.256 e. The zero-order valence-electron chi connectivity index (χ0n) is 13.9. The number of ether oxygens (including phenoxy) is 2. The molecule has 2 heterocycles. The van der Waals surface area contributed by atoms with Gasteiger partial charge in [-0.15, -0.1) is 0 Å². The van der Waals surface area contributed by atoms with Crippen LogP contribution in [0.4, 0.5) is 5.82 Å². The maximum absolute atomic E-state index is 12.6. The summed E-state index contributed by atoms with van der Waals surface area (Å²) >= 11 is 0. The van der Waals surface area contributed by atoms with E-state index in [1.165, 1.54) is 0 Å². The monoisotopic (exact) mass is 325 g/mol. The fourth-order valence-electron chi connectivity index (χ4n) is 2.59. The molecule has 0 bridgehead atoms. The molecule has 3 rings (SSSR count). The van der Waals surface area contributed by atoms with Crippen LogP contribution >= 0.6 is 0 Å². The Labute approximate surface area is 140 Å². The van der Waals surface area contributed by atoms with Crippen molar-refractivity contribution in [1.82, 2.24) is 4.57 Å². The van der Waals surface area contributed by atoms with Gasteiger partial charge in [0.05, 0.1) is 12.2 Å². The zero-order chi connectivity index (χ0) is 17.3. The number of fused-ring (bicyclic) bond motifs is 1. The van der Waals surface area contributed by atoms with E-state index < -0.39 is 0 Å². The molecule has 0 saturated heterocycles. The van der Waals surface area contributed by atoms with Gasteiger partial charge in [0.2, 0.25) is 0 Å². The highest BCUT2D eigenvalue weighted by Gasteiger charge is 2.20. The molecule has 0 fully saturated rings. The quantitative estimate of drug-likeness (QED) is 0.919. The fraction of sp³-hybridized carbons (Fsp3) is 0.333. The molecule has 6 heteroatoms. The number of amides is 1. The molecule has 1 aliphatic heterocycles. The molecule has 1 aromatic carbocycles. The summed E-state index contributed by atoms with van der Waals surface area (Å²) in [5.74, 6) is 1.09. The molecular formula is C18H19N3O3. The summed E-state index contributed by atoms with van der Waals surface area (Å²) in [6.07, 6.45) is 1.74. The molecule has 0 spiro atoms. The van der Waals surface area contributed by atoms with Crippen molar-refractivity contribution in [2.45, 2.75) is 32.9 Å². The number of rotatable bonds is 2. The highest BCUT2D eigenvalue weighted by molar-refractivity contribution is 6.04. The Morgan fingerprint density at radius 2 is 2.12 bits per heavy atom. The lowest BCUT2D eigenvalue weighted by Gasteiger charge is -2.24. The Morgan fingerprint density at radius 3 is 2.83 bits per heavy atom. The van der Waals surface area contributed by atoms with Crippen LogP contribution in [0.2, 0.25) is 0 Å². The Hall–Kier alpha value is -2.78. The van der Waals surface area contributed by atoms with Gasteiger partial charge in [-0.3, -0.25) is 4.79 Å². The summed E-state index contributed by atoms with van der Waals surface area (Å²) in [6, 6.07) is 9.04. The van der Waals surface area contributed by atoms with Crippen LogP contribution in [0.1, 0.15) is 42.3 Å². The standard InChI is InChI=1S/C18H19N3O3/c1-18(2,3)21-9-12(8-19)6-16(21)20-17(22)13-4-5-15-14(7-13)10-23-11-24-15/h4-7,9H,10-11H2,1-3H3,(H,20,22). The van der Waals surface area contributed by atoms with Crippen molar-refractivity contribution >= 4 is 11.7 Å². The maximum atomic E-state index is 12.6. The fourth-order valence-corrected chi connectivity index (χ4v) is 2.59. The second-order valence-electron chi connectivity index (χ2n) is 6.65. The Morgan fingerprint density at radius 1 is 1.33 bits per heavy atom. The Balaban J connectivity index is 1.88. The van der Waals surface area contributed by atoms with E-state index in [-0.39, 0.29) is 18.2 Å².